The van der Waals surface area contributed by atoms with Crippen LogP contribution in [0.4, 0.5) is 11.6 Å². The number of nitrogens with zero attached hydrogens (tertiary/aromatic N) is 3. The summed E-state index contributed by atoms with van der Waals surface area (Å²) in [5, 5.41) is 6.24. The van der Waals surface area contributed by atoms with Crippen LogP contribution in [0.5, 0.6) is 5.75 Å². The van der Waals surface area contributed by atoms with E-state index in [9.17, 15) is 0 Å². The Morgan fingerprint density at radius 3 is 2.58 bits per heavy atom. The van der Waals surface area contributed by atoms with E-state index in [1.807, 2.05) is 25.1 Å². The van der Waals surface area contributed by atoms with Gasteiger partial charge < -0.3 is 15.4 Å². The lowest BCUT2D eigenvalue weighted by molar-refractivity contribution is 0.414. The molecule has 6 nitrogen and oxygen atoms in total. The molecule has 0 aliphatic carbocycles. The molecular formula is C13H17N5O. The van der Waals surface area contributed by atoms with Crippen LogP contribution in [0.3, 0.4) is 0 Å². The third-order valence-corrected chi connectivity index (χ3v) is 2.73. The van der Waals surface area contributed by atoms with Crippen LogP contribution >= 0.6 is 0 Å². The van der Waals surface area contributed by atoms with E-state index >= 15 is 0 Å². The number of pyridine rings is 1. The molecule has 0 saturated carbocycles. The molecule has 2 aromatic rings. The van der Waals surface area contributed by atoms with E-state index in [-0.39, 0.29) is 6.04 Å². The molecule has 0 spiro atoms. The highest BCUT2D eigenvalue weighted by Gasteiger charge is 2.14. The largest absolute Gasteiger partial charge is 0.490 e. The Morgan fingerprint density at radius 1 is 1.16 bits per heavy atom. The maximum atomic E-state index is 5.33. The van der Waals surface area contributed by atoms with Crippen molar-refractivity contribution < 1.29 is 4.74 Å². The summed E-state index contributed by atoms with van der Waals surface area (Å²) in [5.41, 5.74) is 0.939. The fraction of sp³-hybridized carbons (Fsp3) is 0.308. The molecule has 2 rings (SSSR count). The van der Waals surface area contributed by atoms with Gasteiger partial charge in [-0.15, -0.1) is 0 Å². The lowest BCUT2D eigenvalue weighted by atomic mass is 10.2. The highest BCUT2D eigenvalue weighted by Crippen LogP contribution is 2.30. The summed E-state index contributed by atoms with van der Waals surface area (Å²) in [4.78, 5) is 12.6. The molecule has 0 amide bonds. The van der Waals surface area contributed by atoms with Crippen molar-refractivity contribution in [1.29, 1.82) is 0 Å². The first kappa shape index (κ1) is 13.1. The van der Waals surface area contributed by atoms with Gasteiger partial charge in [-0.3, -0.25) is 4.98 Å². The highest BCUT2D eigenvalue weighted by atomic mass is 16.5. The third-order valence-electron chi connectivity index (χ3n) is 2.73. The number of hydrogen-bond donors (Lipinski definition) is 2. The first-order valence-electron chi connectivity index (χ1n) is 6.00. The van der Waals surface area contributed by atoms with E-state index in [1.54, 1.807) is 20.4 Å². The molecule has 2 N–H and O–H groups in total. The van der Waals surface area contributed by atoms with Gasteiger partial charge in [-0.2, -0.15) is 0 Å². The normalized spacial score (nSPS) is 11.7. The van der Waals surface area contributed by atoms with Crippen molar-refractivity contribution >= 4 is 11.6 Å². The van der Waals surface area contributed by atoms with Crippen molar-refractivity contribution in [3.63, 3.8) is 0 Å². The first-order valence-corrected chi connectivity index (χ1v) is 6.00. The van der Waals surface area contributed by atoms with E-state index in [4.69, 9.17) is 4.74 Å². The first-order chi connectivity index (χ1) is 9.26. The summed E-state index contributed by atoms with van der Waals surface area (Å²) >= 11 is 0. The third kappa shape index (κ3) is 2.90. The quantitative estimate of drug-likeness (QED) is 0.856. The minimum atomic E-state index is 0.0229. The Balaban J connectivity index is 2.24. The van der Waals surface area contributed by atoms with Crippen molar-refractivity contribution in [1.82, 2.24) is 15.0 Å². The molecule has 0 aliphatic rings. The molecule has 2 aromatic heterocycles. The fourth-order valence-corrected chi connectivity index (χ4v) is 1.76. The summed E-state index contributed by atoms with van der Waals surface area (Å²) in [6, 6.07) is 5.83. The summed E-state index contributed by atoms with van der Waals surface area (Å²) in [6.07, 6.45) is 3.26. The zero-order valence-electron chi connectivity index (χ0n) is 11.2. The van der Waals surface area contributed by atoms with E-state index in [0.29, 0.717) is 17.4 Å². The molecule has 0 aliphatic heterocycles. The predicted octanol–water partition coefficient (Wildman–Crippen LogP) is 2.09. The maximum Gasteiger partial charge on any atom is 0.204 e. The van der Waals surface area contributed by atoms with Gasteiger partial charge in [-0.25, -0.2) is 9.97 Å². The van der Waals surface area contributed by atoms with E-state index in [2.05, 4.69) is 25.6 Å². The number of nitrogens with one attached hydrogen (secondary N) is 2. The van der Waals surface area contributed by atoms with Gasteiger partial charge in [0.05, 0.1) is 18.8 Å². The molecule has 0 radical (unpaired) electrons. The molecule has 0 bridgehead atoms. The topological polar surface area (TPSA) is 72.0 Å². The number of methoxy groups -OCH3 is 1. The average Bonchev–Trinajstić information content (AvgIpc) is 2.47. The molecule has 1 unspecified atom stereocenters. The van der Waals surface area contributed by atoms with Gasteiger partial charge >= 0.3 is 0 Å². The van der Waals surface area contributed by atoms with Crippen molar-refractivity contribution in [2.24, 2.45) is 0 Å². The molecule has 2 heterocycles. The lowest BCUT2D eigenvalue weighted by Crippen LogP contribution is -2.11. The Morgan fingerprint density at radius 2 is 1.95 bits per heavy atom. The molecule has 6 heteroatoms. The minimum Gasteiger partial charge on any atom is -0.490 e. The van der Waals surface area contributed by atoms with Crippen LogP contribution in [0, 0.1) is 0 Å². The van der Waals surface area contributed by atoms with Gasteiger partial charge in [0, 0.05) is 13.2 Å². The van der Waals surface area contributed by atoms with Gasteiger partial charge in [0.25, 0.3) is 0 Å². The Labute approximate surface area is 112 Å². The maximum absolute atomic E-state index is 5.33. The number of anilines is 2. The molecular weight excluding hydrogens is 242 g/mol. The minimum absolute atomic E-state index is 0.0229. The van der Waals surface area contributed by atoms with Crippen molar-refractivity contribution in [3.05, 3.63) is 36.4 Å². The van der Waals surface area contributed by atoms with Crippen LogP contribution in [0.1, 0.15) is 18.7 Å². The van der Waals surface area contributed by atoms with Crippen LogP contribution in [0.25, 0.3) is 0 Å². The molecule has 19 heavy (non-hydrogen) atoms. The van der Waals surface area contributed by atoms with Gasteiger partial charge in [0.15, 0.2) is 11.6 Å². The van der Waals surface area contributed by atoms with Crippen molar-refractivity contribution in [2.75, 3.05) is 24.8 Å². The lowest BCUT2D eigenvalue weighted by Gasteiger charge is -2.17. The molecule has 1 atom stereocenters. The van der Waals surface area contributed by atoms with Crippen molar-refractivity contribution in [3.8, 4) is 5.75 Å². The van der Waals surface area contributed by atoms with Gasteiger partial charge in [-0.1, -0.05) is 6.07 Å². The Bertz CT molecular complexity index is 532. The van der Waals surface area contributed by atoms with Crippen molar-refractivity contribution in [2.45, 2.75) is 13.0 Å². The van der Waals surface area contributed by atoms with E-state index < -0.39 is 0 Å². The van der Waals surface area contributed by atoms with Crippen LogP contribution < -0.4 is 15.4 Å². The predicted molar refractivity (Wildman–Crippen MR) is 74.4 cm³/mol. The van der Waals surface area contributed by atoms with Gasteiger partial charge in [0.1, 0.15) is 6.33 Å². The smallest absolute Gasteiger partial charge is 0.204 e. The van der Waals surface area contributed by atoms with E-state index in [0.717, 1.165) is 5.69 Å². The van der Waals surface area contributed by atoms with Crippen LogP contribution in [0.2, 0.25) is 0 Å². The van der Waals surface area contributed by atoms with Gasteiger partial charge in [-0.05, 0) is 19.1 Å². The van der Waals surface area contributed by atoms with E-state index in [1.165, 1.54) is 6.33 Å². The standard InChI is InChI=1S/C13H17N5O/c1-9(10-6-4-5-7-15-10)18-13-11(19-3)12(14-2)16-8-17-13/h4-9H,1-3H3,(H2,14,16,17,18). The summed E-state index contributed by atoms with van der Waals surface area (Å²) in [6.45, 7) is 2.02. The van der Waals surface area contributed by atoms with Crippen LogP contribution in [-0.4, -0.2) is 29.1 Å². The SMILES string of the molecule is CNc1ncnc(NC(C)c2ccccn2)c1OC. The molecule has 100 valence electrons. The zero-order chi connectivity index (χ0) is 13.7. The zero-order valence-corrected chi connectivity index (χ0v) is 11.2. The number of aromatic nitrogens is 3. The summed E-state index contributed by atoms with van der Waals surface area (Å²) in [5.74, 6) is 1.88. The van der Waals surface area contributed by atoms with Crippen LogP contribution in [-0.2, 0) is 0 Å². The molecule has 0 aromatic carbocycles. The monoisotopic (exact) mass is 259 g/mol. The molecule has 0 fully saturated rings. The Kier molecular flexibility index (Phi) is 4.12. The number of ether oxygens (including phenoxy) is 1. The summed E-state index contributed by atoms with van der Waals surface area (Å²) < 4.78 is 5.33. The fourth-order valence-electron chi connectivity index (χ4n) is 1.76. The summed E-state index contributed by atoms with van der Waals surface area (Å²) in [7, 11) is 3.38. The number of hydrogen-bond acceptors (Lipinski definition) is 6. The second-order valence-electron chi connectivity index (χ2n) is 3.97. The second-order valence-corrected chi connectivity index (χ2v) is 3.97. The average molecular weight is 259 g/mol. The number of rotatable bonds is 5. The Hall–Kier alpha value is -2.37. The molecule has 0 saturated heterocycles. The van der Waals surface area contributed by atoms with Gasteiger partial charge in [0.2, 0.25) is 5.75 Å². The highest BCUT2D eigenvalue weighted by molar-refractivity contribution is 5.63. The van der Waals surface area contributed by atoms with Crippen LogP contribution in [0.15, 0.2) is 30.7 Å². The second kappa shape index (κ2) is 5.99.